The molecule has 126 valence electrons. The van der Waals surface area contributed by atoms with E-state index in [4.69, 9.17) is 4.74 Å². The van der Waals surface area contributed by atoms with Crippen molar-refractivity contribution < 1.29 is 9.53 Å². The molecule has 0 aliphatic carbocycles. The van der Waals surface area contributed by atoms with Crippen LogP contribution >= 0.6 is 0 Å². The van der Waals surface area contributed by atoms with Crippen molar-refractivity contribution in [2.75, 3.05) is 32.8 Å². The summed E-state index contributed by atoms with van der Waals surface area (Å²) in [6.45, 7) is 11.8. The van der Waals surface area contributed by atoms with Gasteiger partial charge in [0.05, 0.1) is 25.5 Å². The Morgan fingerprint density at radius 3 is 2.39 bits per heavy atom. The first-order valence-corrected chi connectivity index (χ1v) is 8.10. The second-order valence-electron chi connectivity index (χ2n) is 6.95. The van der Waals surface area contributed by atoms with Gasteiger partial charge in [0.15, 0.2) is 0 Å². The number of nitrogens with one attached hydrogen (secondary N) is 1. The summed E-state index contributed by atoms with van der Waals surface area (Å²) in [7, 11) is 0. The molecule has 1 aliphatic heterocycles. The first-order chi connectivity index (χ1) is 10.9. The Bertz CT molecular complexity index is 553. The fourth-order valence-corrected chi connectivity index (χ4v) is 2.42. The monoisotopic (exact) mass is 317 g/mol. The van der Waals surface area contributed by atoms with Crippen molar-refractivity contribution in [1.29, 1.82) is 0 Å². The molecule has 0 radical (unpaired) electrons. The Hall–Kier alpha value is -1.72. The van der Waals surface area contributed by atoms with Crippen LogP contribution in [0, 0.1) is 0 Å². The normalized spacial score (nSPS) is 17.1. The third kappa shape index (κ3) is 5.44. The van der Waals surface area contributed by atoms with Crippen molar-refractivity contribution in [2.24, 2.45) is 5.10 Å². The largest absolute Gasteiger partial charge is 0.379 e. The first-order valence-electron chi connectivity index (χ1n) is 8.10. The molecule has 1 N–H and O–H groups in total. The highest BCUT2D eigenvalue weighted by Gasteiger charge is 2.14. The maximum absolute atomic E-state index is 11.9. The smallest absolute Gasteiger partial charge is 0.254 e. The lowest BCUT2D eigenvalue weighted by Crippen LogP contribution is -2.42. The highest BCUT2D eigenvalue weighted by molar-refractivity contribution is 5.99. The van der Waals surface area contributed by atoms with Gasteiger partial charge in [-0.15, -0.1) is 0 Å². The van der Waals surface area contributed by atoms with Crippen LogP contribution in [0.25, 0.3) is 0 Å². The van der Waals surface area contributed by atoms with Crippen LogP contribution in [0.5, 0.6) is 0 Å². The van der Waals surface area contributed by atoms with Gasteiger partial charge in [0.2, 0.25) is 0 Å². The molecule has 1 fully saturated rings. The zero-order valence-corrected chi connectivity index (χ0v) is 14.6. The van der Waals surface area contributed by atoms with E-state index >= 15 is 0 Å². The van der Waals surface area contributed by atoms with E-state index in [1.807, 2.05) is 19.1 Å². The Labute approximate surface area is 138 Å². The van der Waals surface area contributed by atoms with Crippen molar-refractivity contribution in [3.8, 4) is 0 Å². The number of amides is 1. The first kappa shape index (κ1) is 17.6. The van der Waals surface area contributed by atoms with Crippen molar-refractivity contribution in [1.82, 2.24) is 10.3 Å². The van der Waals surface area contributed by atoms with Crippen LogP contribution in [0.15, 0.2) is 29.4 Å². The maximum atomic E-state index is 11.9. The minimum Gasteiger partial charge on any atom is -0.379 e. The summed E-state index contributed by atoms with van der Waals surface area (Å²) in [5.41, 5.74) is 5.88. The van der Waals surface area contributed by atoms with Gasteiger partial charge in [-0.05, 0) is 23.5 Å². The average molecular weight is 317 g/mol. The Balaban J connectivity index is 1.90. The molecule has 5 nitrogen and oxygen atoms in total. The van der Waals surface area contributed by atoms with Gasteiger partial charge >= 0.3 is 0 Å². The van der Waals surface area contributed by atoms with Crippen LogP contribution in [0.1, 0.15) is 38.8 Å². The van der Waals surface area contributed by atoms with Crippen LogP contribution < -0.4 is 5.43 Å². The van der Waals surface area contributed by atoms with E-state index in [1.165, 1.54) is 5.56 Å². The number of ether oxygens (including phenoxy) is 1. The molecule has 0 saturated carbocycles. The van der Waals surface area contributed by atoms with E-state index in [0.29, 0.717) is 19.8 Å². The molecule has 1 amide bonds. The van der Waals surface area contributed by atoms with Gasteiger partial charge in [-0.25, -0.2) is 5.43 Å². The van der Waals surface area contributed by atoms with Crippen LogP contribution in [0.4, 0.5) is 0 Å². The average Bonchev–Trinajstić information content (AvgIpc) is 2.53. The number of hydrogen-bond acceptors (Lipinski definition) is 4. The lowest BCUT2D eigenvalue weighted by molar-refractivity contribution is -0.123. The number of carbonyl (C=O) groups excluding carboxylic acids is 1. The molecular formula is C18H27N3O2. The lowest BCUT2D eigenvalue weighted by atomic mass is 9.86. The van der Waals surface area contributed by atoms with E-state index in [0.717, 1.165) is 24.4 Å². The molecule has 5 heteroatoms. The van der Waals surface area contributed by atoms with E-state index in [1.54, 1.807) is 0 Å². The van der Waals surface area contributed by atoms with Gasteiger partial charge in [0.25, 0.3) is 5.91 Å². The highest BCUT2D eigenvalue weighted by Crippen LogP contribution is 2.22. The van der Waals surface area contributed by atoms with E-state index < -0.39 is 0 Å². The Morgan fingerprint density at radius 1 is 1.22 bits per heavy atom. The lowest BCUT2D eigenvalue weighted by Gasteiger charge is -2.25. The summed E-state index contributed by atoms with van der Waals surface area (Å²) < 4.78 is 5.27. The SMILES string of the molecule is CC(=NNC(=O)CN1CCOCC1)c1ccc(C(C)(C)C)cc1. The third-order valence-electron chi connectivity index (χ3n) is 3.99. The van der Waals surface area contributed by atoms with E-state index in [-0.39, 0.29) is 11.3 Å². The Morgan fingerprint density at radius 2 is 1.83 bits per heavy atom. The van der Waals surface area contributed by atoms with Gasteiger partial charge in [0, 0.05) is 13.1 Å². The summed E-state index contributed by atoms with van der Waals surface area (Å²) in [6, 6.07) is 8.33. The summed E-state index contributed by atoms with van der Waals surface area (Å²) >= 11 is 0. The predicted molar refractivity (Wildman–Crippen MR) is 92.8 cm³/mol. The molecule has 0 aromatic heterocycles. The molecule has 1 aromatic rings. The number of carbonyl (C=O) groups is 1. The number of morpholine rings is 1. The molecule has 1 aromatic carbocycles. The molecule has 23 heavy (non-hydrogen) atoms. The second-order valence-corrected chi connectivity index (χ2v) is 6.95. The fraction of sp³-hybridized carbons (Fsp3) is 0.556. The Kier molecular flexibility index (Phi) is 5.91. The zero-order chi connectivity index (χ0) is 16.9. The van der Waals surface area contributed by atoms with Gasteiger partial charge in [-0.3, -0.25) is 9.69 Å². The molecule has 1 heterocycles. The molecule has 0 unspecified atom stereocenters. The third-order valence-corrected chi connectivity index (χ3v) is 3.99. The van der Waals surface area contributed by atoms with Gasteiger partial charge < -0.3 is 4.74 Å². The molecule has 2 rings (SSSR count). The summed E-state index contributed by atoms with van der Waals surface area (Å²) in [6.07, 6.45) is 0. The highest BCUT2D eigenvalue weighted by atomic mass is 16.5. The molecule has 0 atom stereocenters. The van der Waals surface area contributed by atoms with E-state index in [2.05, 4.69) is 48.3 Å². The summed E-state index contributed by atoms with van der Waals surface area (Å²) in [5.74, 6) is -0.0856. The minimum absolute atomic E-state index is 0.0856. The van der Waals surface area contributed by atoms with Crippen molar-refractivity contribution in [2.45, 2.75) is 33.1 Å². The van der Waals surface area contributed by atoms with Crippen molar-refractivity contribution in [3.05, 3.63) is 35.4 Å². The van der Waals surface area contributed by atoms with E-state index in [9.17, 15) is 4.79 Å². The number of hydrogen-bond donors (Lipinski definition) is 1. The van der Waals surface area contributed by atoms with Crippen LogP contribution in [-0.4, -0.2) is 49.4 Å². The molecule has 0 bridgehead atoms. The molecule has 0 spiro atoms. The molecule has 1 saturated heterocycles. The van der Waals surface area contributed by atoms with Crippen LogP contribution in [-0.2, 0) is 14.9 Å². The maximum Gasteiger partial charge on any atom is 0.254 e. The summed E-state index contributed by atoms with van der Waals surface area (Å²) in [4.78, 5) is 14.0. The number of rotatable bonds is 4. The van der Waals surface area contributed by atoms with Gasteiger partial charge in [0.1, 0.15) is 0 Å². The topological polar surface area (TPSA) is 53.9 Å². The molecule has 1 aliphatic rings. The number of benzene rings is 1. The zero-order valence-electron chi connectivity index (χ0n) is 14.6. The van der Waals surface area contributed by atoms with Gasteiger partial charge in [-0.2, -0.15) is 5.10 Å². The quantitative estimate of drug-likeness (QED) is 0.684. The predicted octanol–water partition coefficient (Wildman–Crippen LogP) is 2.16. The number of nitrogens with zero attached hydrogens (tertiary/aromatic N) is 2. The minimum atomic E-state index is -0.0856. The fourth-order valence-electron chi connectivity index (χ4n) is 2.42. The van der Waals surface area contributed by atoms with Crippen LogP contribution in [0.3, 0.4) is 0 Å². The van der Waals surface area contributed by atoms with Crippen molar-refractivity contribution >= 4 is 11.6 Å². The molecular weight excluding hydrogens is 290 g/mol. The number of hydrazone groups is 1. The second kappa shape index (κ2) is 7.70. The van der Waals surface area contributed by atoms with Crippen LogP contribution in [0.2, 0.25) is 0 Å². The van der Waals surface area contributed by atoms with Crippen molar-refractivity contribution in [3.63, 3.8) is 0 Å². The standard InChI is InChI=1S/C18H27N3O2/c1-14(15-5-7-16(8-6-15)18(2,3)4)19-20-17(22)13-21-9-11-23-12-10-21/h5-8H,9-13H2,1-4H3,(H,20,22). The van der Waals surface area contributed by atoms with Gasteiger partial charge in [-0.1, -0.05) is 45.0 Å². The summed E-state index contributed by atoms with van der Waals surface area (Å²) in [5, 5.41) is 4.21.